The van der Waals surface area contributed by atoms with Gasteiger partial charge >= 0.3 is 0 Å². The normalized spacial score (nSPS) is 29.4. The molecule has 0 amide bonds. The molecule has 11 heteroatoms. The largest absolute Gasteiger partial charge is 0.380 e. The number of fused-ring (bicyclic) bond motifs is 1. The third-order valence-electron chi connectivity index (χ3n) is 6.33. The van der Waals surface area contributed by atoms with Gasteiger partial charge in [0.2, 0.25) is 0 Å². The highest BCUT2D eigenvalue weighted by molar-refractivity contribution is 7.90. The highest BCUT2D eigenvalue weighted by Crippen LogP contribution is 2.34. The first-order valence-electron chi connectivity index (χ1n) is 10.3. The van der Waals surface area contributed by atoms with Crippen LogP contribution in [-0.4, -0.2) is 59.7 Å². The van der Waals surface area contributed by atoms with E-state index in [-0.39, 0.29) is 18.2 Å². The van der Waals surface area contributed by atoms with E-state index in [1.807, 2.05) is 0 Å². The number of rotatable bonds is 4. The average molecular weight is 454 g/mol. The maximum atomic E-state index is 14.1. The maximum absolute atomic E-state index is 14.1. The molecular formula is C20H24F2N4O4S. The lowest BCUT2D eigenvalue weighted by atomic mass is 9.93. The lowest BCUT2D eigenvalue weighted by Crippen LogP contribution is -2.47. The molecule has 2 aromatic rings. The smallest absolute Gasteiger partial charge is 0.259 e. The number of halogens is 2. The molecule has 0 bridgehead atoms. The van der Waals surface area contributed by atoms with E-state index in [0.29, 0.717) is 39.1 Å². The van der Waals surface area contributed by atoms with Gasteiger partial charge in [0.15, 0.2) is 0 Å². The molecule has 0 saturated carbocycles. The van der Waals surface area contributed by atoms with Crippen LogP contribution in [0.5, 0.6) is 0 Å². The van der Waals surface area contributed by atoms with Gasteiger partial charge in [-0.1, -0.05) is 0 Å². The number of nitrogens with zero attached hydrogens (tertiary/aromatic N) is 3. The van der Waals surface area contributed by atoms with Gasteiger partial charge in [-0.15, -0.1) is 0 Å². The van der Waals surface area contributed by atoms with Crippen LogP contribution in [0.15, 0.2) is 24.4 Å². The maximum Gasteiger partial charge on any atom is 0.259 e. The molecule has 5 rings (SSSR count). The number of aromatic nitrogens is 2. The van der Waals surface area contributed by atoms with Crippen molar-refractivity contribution in [2.75, 3.05) is 19.8 Å². The minimum absolute atomic E-state index is 0.0228. The third kappa shape index (κ3) is 3.78. The van der Waals surface area contributed by atoms with Gasteiger partial charge in [0.25, 0.3) is 10.0 Å². The molecule has 0 spiro atoms. The molecule has 1 unspecified atom stereocenters. The molecule has 4 atom stereocenters. The molecule has 2 N–H and O–H groups in total. The summed E-state index contributed by atoms with van der Waals surface area (Å²) in [5.41, 5.74) is 7.97. The van der Waals surface area contributed by atoms with Gasteiger partial charge in [0, 0.05) is 49.1 Å². The first kappa shape index (κ1) is 21.0. The van der Waals surface area contributed by atoms with Crippen LogP contribution < -0.4 is 5.73 Å². The molecular weight excluding hydrogens is 430 g/mol. The van der Waals surface area contributed by atoms with Gasteiger partial charge in [-0.3, -0.25) is 4.90 Å². The summed E-state index contributed by atoms with van der Waals surface area (Å²) in [5, 5.41) is 3.76. The molecule has 0 radical (unpaired) electrons. The van der Waals surface area contributed by atoms with E-state index >= 15 is 0 Å². The number of benzene rings is 1. The fourth-order valence-electron chi connectivity index (χ4n) is 4.59. The molecule has 3 aliphatic heterocycles. The number of hydrogen-bond acceptors (Lipinski definition) is 7. The van der Waals surface area contributed by atoms with Crippen molar-refractivity contribution in [3.05, 3.63) is 52.9 Å². The predicted octanol–water partition coefficient (Wildman–Crippen LogP) is 1.30. The molecule has 2 saturated heterocycles. The Morgan fingerprint density at radius 1 is 1.19 bits per heavy atom. The highest BCUT2D eigenvalue weighted by Gasteiger charge is 2.38. The molecule has 168 valence electrons. The van der Waals surface area contributed by atoms with Gasteiger partial charge in [-0.25, -0.2) is 17.2 Å². The van der Waals surface area contributed by atoms with Crippen LogP contribution in [-0.2, 0) is 32.6 Å². The average Bonchev–Trinajstić information content (AvgIpc) is 3.46. The highest BCUT2D eigenvalue weighted by atomic mass is 32.2. The molecule has 1 aromatic heterocycles. The summed E-state index contributed by atoms with van der Waals surface area (Å²) in [6, 6.07) is 2.76. The van der Waals surface area contributed by atoms with Crippen molar-refractivity contribution in [2.45, 2.75) is 49.4 Å². The molecule has 2 fully saturated rings. The Morgan fingerprint density at radius 2 is 2.03 bits per heavy atom. The summed E-state index contributed by atoms with van der Waals surface area (Å²) < 4.78 is 65.2. The van der Waals surface area contributed by atoms with E-state index in [1.165, 1.54) is 0 Å². The van der Waals surface area contributed by atoms with E-state index in [0.717, 1.165) is 33.5 Å². The van der Waals surface area contributed by atoms with E-state index in [9.17, 15) is 17.2 Å². The van der Waals surface area contributed by atoms with Gasteiger partial charge in [0.05, 0.1) is 18.9 Å². The zero-order valence-corrected chi connectivity index (χ0v) is 17.6. The van der Waals surface area contributed by atoms with Crippen LogP contribution in [0.2, 0.25) is 0 Å². The Morgan fingerprint density at radius 3 is 2.74 bits per heavy atom. The van der Waals surface area contributed by atoms with Crippen LogP contribution in [0, 0.1) is 11.6 Å². The van der Waals surface area contributed by atoms with Crippen LogP contribution in [0.1, 0.15) is 35.8 Å². The zero-order valence-electron chi connectivity index (χ0n) is 16.8. The molecule has 0 aliphatic carbocycles. The fraction of sp³-hybridized carbons (Fsp3) is 0.550. The summed E-state index contributed by atoms with van der Waals surface area (Å²) in [6.07, 6.45) is 1.89. The van der Waals surface area contributed by atoms with Crippen LogP contribution in [0.3, 0.4) is 0 Å². The Hall–Kier alpha value is -1.92. The van der Waals surface area contributed by atoms with Crippen molar-refractivity contribution in [2.24, 2.45) is 5.73 Å². The van der Waals surface area contributed by atoms with E-state index in [2.05, 4.69) is 10.00 Å². The molecule has 1 aromatic carbocycles. The Balaban J connectivity index is 1.25. The van der Waals surface area contributed by atoms with Crippen LogP contribution in [0.25, 0.3) is 0 Å². The summed E-state index contributed by atoms with van der Waals surface area (Å²) in [6.45, 7) is 1.98. The topological polar surface area (TPSA) is 99.7 Å². The van der Waals surface area contributed by atoms with Crippen molar-refractivity contribution >= 4 is 10.0 Å². The number of ether oxygens (including phenoxy) is 2. The Kier molecular flexibility index (Phi) is 5.33. The first-order valence-corrected chi connectivity index (χ1v) is 11.8. The van der Waals surface area contributed by atoms with Gasteiger partial charge in [-0.2, -0.15) is 9.19 Å². The van der Waals surface area contributed by atoms with Crippen molar-refractivity contribution < 1.29 is 26.7 Å². The van der Waals surface area contributed by atoms with E-state index < -0.39 is 39.1 Å². The molecule has 4 heterocycles. The minimum Gasteiger partial charge on any atom is -0.380 e. The van der Waals surface area contributed by atoms with Gasteiger partial charge in [-0.05, 0) is 31.0 Å². The monoisotopic (exact) mass is 454 g/mol. The first-order chi connectivity index (χ1) is 14.8. The molecule has 3 aliphatic rings. The van der Waals surface area contributed by atoms with Gasteiger partial charge in [0.1, 0.15) is 23.0 Å². The second-order valence-corrected chi connectivity index (χ2v) is 10.5. The lowest BCUT2D eigenvalue weighted by Gasteiger charge is -2.38. The SMILES string of the molecule is N[C@H]1C[C@@H](N2Cc3cn(S(=O)(=O)C4CCOC4)nc3C2)CO[C@@H]1c1cc(F)ccc1F. The third-order valence-corrected chi connectivity index (χ3v) is 8.26. The van der Waals surface area contributed by atoms with Crippen molar-refractivity contribution in [1.82, 2.24) is 14.1 Å². The number of nitrogens with two attached hydrogens (primary N) is 1. The molecule has 31 heavy (non-hydrogen) atoms. The van der Waals surface area contributed by atoms with Crippen molar-refractivity contribution in [1.29, 1.82) is 0 Å². The van der Waals surface area contributed by atoms with Crippen molar-refractivity contribution in [3.63, 3.8) is 0 Å². The van der Waals surface area contributed by atoms with Crippen LogP contribution in [0.4, 0.5) is 8.78 Å². The van der Waals surface area contributed by atoms with Crippen molar-refractivity contribution in [3.8, 4) is 0 Å². The summed E-state index contributed by atoms with van der Waals surface area (Å²) in [7, 11) is -3.56. The summed E-state index contributed by atoms with van der Waals surface area (Å²) in [4.78, 5) is 2.13. The predicted molar refractivity (Wildman–Crippen MR) is 106 cm³/mol. The Bertz CT molecular complexity index is 1060. The summed E-state index contributed by atoms with van der Waals surface area (Å²) >= 11 is 0. The van der Waals surface area contributed by atoms with E-state index in [1.54, 1.807) is 6.20 Å². The minimum atomic E-state index is -3.56. The second-order valence-electron chi connectivity index (χ2n) is 8.38. The molecule has 8 nitrogen and oxygen atoms in total. The standard InChI is InChI=1S/C20H24F2N4O4S/c21-13-1-2-17(22)16(5-13)20-18(23)6-14(10-30-20)25-7-12-8-26(24-19(12)9-25)31(27,28)15-3-4-29-11-15/h1-2,5,8,14-15,18,20H,3-4,6-7,9-11,23H2/t14-,15?,18+,20-/m1/s1. The van der Waals surface area contributed by atoms with E-state index in [4.69, 9.17) is 15.2 Å². The Labute approximate surface area is 179 Å². The summed E-state index contributed by atoms with van der Waals surface area (Å²) in [5.74, 6) is -1.07. The lowest BCUT2D eigenvalue weighted by molar-refractivity contribution is -0.0533. The fourth-order valence-corrected chi connectivity index (χ4v) is 6.05. The second kappa shape index (κ2) is 7.89. The zero-order chi connectivity index (χ0) is 21.8. The quantitative estimate of drug-likeness (QED) is 0.743. The van der Waals surface area contributed by atoms with Gasteiger partial charge < -0.3 is 15.2 Å². The number of hydrogen-bond donors (Lipinski definition) is 1. The van der Waals surface area contributed by atoms with Crippen LogP contribution >= 0.6 is 0 Å².